The topological polar surface area (TPSA) is 70.1 Å². The van der Waals surface area contributed by atoms with Crippen LogP contribution in [0.1, 0.15) is 19.7 Å². The number of aliphatic imine (C=N–C) groups is 1. The molecule has 2 aromatic rings. The van der Waals surface area contributed by atoms with Gasteiger partial charge in [0.25, 0.3) is 5.56 Å². The minimum atomic E-state index is -0.142. The fourth-order valence-corrected chi connectivity index (χ4v) is 3.08. The Morgan fingerprint density at radius 2 is 2.23 bits per heavy atom. The van der Waals surface area contributed by atoms with Gasteiger partial charge in [0.05, 0.1) is 16.7 Å². The average Bonchev–Trinajstić information content (AvgIpc) is 2.45. The minimum absolute atomic E-state index is 0.142. The summed E-state index contributed by atoms with van der Waals surface area (Å²) < 4.78 is 0. The maximum atomic E-state index is 12.1. The second-order valence-corrected chi connectivity index (χ2v) is 7.50. The number of nitrogens with one attached hydrogen (secondary N) is 2. The second kappa shape index (κ2) is 5.93. The fraction of sp³-hybridized carbons (Fsp3) is 0.400. The van der Waals surface area contributed by atoms with Crippen molar-refractivity contribution in [3.63, 3.8) is 0 Å². The van der Waals surface area contributed by atoms with Gasteiger partial charge < -0.3 is 10.3 Å². The van der Waals surface area contributed by atoms with Crippen LogP contribution >= 0.6 is 23.4 Å². The molecular formula is C15H17ClN4OS. The summed E-state index contributed by atoms with van der Waals surface area (Å²) in [5.74, 6) is 1.18. The highest BCUT2D eigenvalue weighted by Crippen LogP contribution is 2.21. The zero-order valence-corrected chi connectivity index (χ0v) is 14.0. The monoisotopic (exact) mass is 336 g/mol. The molecule has 0 bridgehead atoms. The van der Waals surface area contributed by atoms with Crippen molar-refractivity contribution in [3.8, 4) is 0 Å². The zero-order chi connectivity index (χ0) is 15.7. The van der Waals surface area contributed by atoms with Crippen LogP contribution < -0.4 is 10.9 Å². The molecule has 7 heteroatoms. The number of thioether (sulfide) groups is 1. The van der Waals surface area contributed by atoms with Gasteiger partial charge in [-0.25, -0.2) is 4.98 Å². The predicted molar refractivity (Wildman–Crippen MR) is 92.8 cm³/mol. The molecule has 1 aliphatic heterocycles. The Balaban J connectivity index is 1.77. The Morgan fingerprint density at radius 1 is 1.41 bits per heavy atom. The summed E-state index contributed by atoms with van der Waals surface area (Å²) in [5, 5.41) is 5.33. The van der Waals surface area contributed by atoms with Crippen LogP contribution in [0.5, 0.6) is 0 Å². The lowest BCUT2D eigenvalue weighted by molar-refractivity contribution is 0.364. The average molecular weight is 337 g/mol. The van der Waals surface area contributed by atoms with Gasteiger partial charge in [-0.05, 0) is 18.2 Å². The van der Waals surface area contributed by atoms with Crippen molar-refractivity contribution in [2.75, 3.05) is 13.1 Å². The Hall–Kier alpha value is -1.53. The number of hydrogen-bond donors (Lipinski definition) is 2. The Labute approximate surface area is 137 Å². The summed E-state index contributed by atoms with van der Waals surface area (Å²) >= 11 is 7.51. The van der Waals surface area contributed by atoms with Crippen molar-refractivity contribution in [1.29, 1.82) is 0 Å². The van der Waals surface area contributed by atoms with E-state index < -0.39 is 0 Å². The number of hydrogen-bond acceptors (Lipinski definition) is 5. The van der Waals surface area contributed by atoms with Crippen LogP contribution in [0.3, 0.4) is 0 Å². The van der Waals surface area contributed by atoms with Crippen molar-refractivity contribution in [3.05, 3.63) is 39.4 Å². The lowest BCUT2D eigenvalue weighted by Crippen LogP contribution is -2.39. The molecule has 1 aromatic carbocycles. The number of aromatic amines is 1. The number of rotatable bonds is 2. The molecule has 0 aliphatic carbocycles. The molecule has 2 heterocycles. The molecule has 0 saturated heterocycles. The first kappa shape index (κ1) is 15.4. The number of halogens is 1. The third kappa shape index (κ3) is 3.44. The molecule has 5 nitrogen and oxygen atoms in total. The summed E-state index contributed by atoms with van der Waals surface area (Å²) in [6, 6.07) is 5.09. The van der Waals surface area contributed by atoms with Crippen molar-refractivity contribution in [2.24, 2.45) is 10.4 Å². The Kier molecular flexibility index (Phi) is 4.14. The van der Waals surface area contributed by atoms with Crippen LogP contribution in [0, 0.1) is 5.41 Å². The third-order valence-corrected chi connectivity index (χ3v) is 4.63. The summed E-state index contributed by atoms with van der Waals surface area (Å²) in [5.41, 5.74) is 0.666. The lowest BCUT2D eigenvalue weighted by Gasteiger charge is -2.28. The van der Waals surface area contributed by atoms with Gasteiger partial charge >= 0.3 is 0 Å². The smallest absolute Gasteiger partial charge is 0.258 e. The minimum Gasteiger partial charge on any atom is -0.364 e. The van der Waals surface area contributed by atoms with Crippen LogP contribution in [0.25, 0.3) is 10.9 Å². The van der Waals surface area contributed by atoms with E-state index >= 15 is 0 Å². The second-order valence-electron chi connectivity index (χ2n) is 6.10. The van der Waals surface area contributed by atoms with Crippen LogP contribution in [0.4, 0.5) is 0 Å². The molecule has 0 spiro atoms. The molecule has 0 atom stereocenters. The largest absolute Gasteiger partial charge is 0.364 e. The van der Waals surface area contributed by atoms with Gasteiger partial charge in [0.15, 0.2) is 5.17 Å². The first-order valence-corrected chi connectivity index (χ1v) is 8.39. The SMILES string of the molecule is CC1(C)CN=C(SCc2nc3cc(Cl)ccc3c(=O)[nH]2)NC1. The quantitative estimate of drug-likeness (QED) is 0.884. The summed E-state index contributed by atoms with van der Waals surface area (Å²) in [6.07, 6.45) is 0. The molecule has 0 fully saturated rings. The highest BCUT2D eigenvalue weighted by Gasteiger charge is 2.22. The number of nitrogens with zero attached hydrogens (tertiary/aromatic N) is 2. The van der Waals surface area contributed by atoms with Crippen LogP contribution in [-0.4, -0.2) is 28.2 Å². The van der Waals surface area contributed by atoms with Crippen molar-refractivity contribution in [2.45, 2.75) is 19.6 Å². The molecule has 116 valence electrons. The van der Waals surface area contributed by atoms with E-state index in [1.54, 1.807) is 30.0 Å². The summed E-state index contributed by atoms with van der Waals surface area (Å²) in [7, 11) is 0. The van der Waals surface area contributed by atoms with Gasteiger partial charge in [-0.15, -0.1) is 0 Å². The highest BCUT2D eigenvalue weighted by molar-refractivity contribution is 8.13. The van der Waals surface area contributed by atoms with Crippen LogP contribution in [0.15, 0.2) is 28.0 Å². The van der Waals surface area contributed by atoms with Gasteiger partial charge in [-0.2, -0.15) is 0 Å². The molecule has 0 unspecified atom stereocenters. The number of aromatic nitrogens is 2. The predicted octanol–water partition coefficient (Wildman–Crippen LogP) is 2.80. The Bertz CT molecular complexity index is 800. The molecular weight excluding hydrogens is 320 g/mol. The molecule has 0 amide bonds. The first-order valence-electron chi connectivity index (χ1n) is 7.03. The number of fused-ring (bicyclic) bond motifs is 1. The van der Waals surface area contributed by atoms with E-state index in [-0.39, 0.29) is 11.0 Å². The third-order valence-electron chi connectivity index (χ3n) is 3.43. The molecule has 0 radical (unpaired) electrons. The first-order chi connectivity index (χ1) is 10.4. The zero-order valence-electron chi connectivity index (χ0n) is 12.4. The highest BCUT2D eigenvalue weighted by atomic mass is 35.5. The molecule has 2 N–H and O–H groups in total. The number of H-pyrrole nitrogens is 1. The van der Waals surface area contributed by atoms with Crippen molar-refractivity contribution < 1.29 is 0 Å². The fourth-order valence-electron chi connectivity index (χ4n) is 2.18. The van der Waals surface area contributed by atoms with Gasteiger partial charge in [0.1, 0.15) is 5.82 Å². The summed E-state index contributed by atoms with van der Waals surface area (Å²) in [6.45, 7) is 6.06. The van der Waals surface area contributed by atoms with E-state index in [1.807, 2.05) is 0 Å². The molecule has 1 aromatic heterocycles. The molecule has 1 aliphatic rings. The van der Waals surface area contributed by atoms with Gasteiger partial charge in [-0.3, -0.25) is 9.79 Å². The van der Waals surface area contributed by atoms with E-state index in [4.69, 9.17) is 11.6 Å². The summed E-state index contributed by atoms with van der Waals surface area (Å²) in [4.78, 5) is 23.9. The normalized spacial score (nSPS) is 17.1. The van der Waals surface area contributed by atoms with E-state index in [0.29, 0.717) is 27.5 Å². The van der Waals surface area contributed by atoms with Gasteiger partial charge in [0, 0.05) is 23.5 Å². The Morgan fingerprint density at radius 3 is 2.95 bits per heavy atom. The standard InChI is InChI=1S/C15H17ClN4OS/c1-15(2)7-17-14(18-8-15)22-6-12-19-11-5-9(16)3-4-10(11)13(21)20-12/h3-5H,6-8H2,1-2H3,(H,17,18)(H,19,20,21). The number of amidine groups is 1. The van der Waals surface area contributed by atoms with Gasteiger partial charge in [-0.1, -0.05) is 37.2 Å². The van der Waals surface area contributed by atoms with Gasteiger partial charge in [0.2, 0.25) is 0 Å². The van der Waals surface area contributed by atoms with Crippen molar-refractivity contribution >= 4 is 39.4 Å². The van der Waals surface area contributed by atoms with E-state index in [2.05, 4.69) is 34.1 Å². The van der Waals surface area contributed by atoms with Crippen LogP contribution in [0.2, 0.25) is 5.02 Å². The molecule has 3 rings (SSSR count). The molecule has 22 heavy (non-hydrogen) atoms. The maximum Gasteiger partial charge on any atom is 0.258 e. The van der Waals surface area contributed by atoms with E-state index in [1.165, 1.54) is 0 Å². The maximum absolute atomic E-state index is 12.1. The molecule has 0 saturated carbocycles. The number of benzene rings is 1. The van der Waals surface area contributed by atoms with E-state index in [0.717, 1.165) is 18.3 Å². The lowest BCUT2D eigenvalue weighted by atomic mass is 9.93. The van der Waals surface area contributed by atoms with Crippen LogP contribution in [-0.2, 0) is 5.75 Å². The van der Waals surface area contributed by atoms with E-state index in [9.17, 15) is 4.79 Å². The van der Waals surface area contributed by atoms with Crippen molar-refractivity contribution in [1.82, 2.24) is 15.3 Å².